The molecule has 0 radical (unpaired) electrons. The summed E-state index contributed by atoms with van der Waals surface area (Å²) >= 11 is 5.93. The van der Waals surface area contributed by atoms with Crippen LogP contribution in [0.3, 0.4) is 0 Å². The van der Waals surface area contributed by atoms with Gasteiger partial charge in [0.05, 0.1) is 6.54 Å². The molecule has 26 heavy (non-hydrogen) atoms. The second kappa shape index (κ2) is 7.88. The number of hydrogen-bond acceptors (Lipinski definition) is 4. The second-order valence-corrected chi connectivity index (χ2v) is 6.89. The van der Waals surface area contributed by atoms with Crippen LogP contribution in [-0.2, 0) is 15.1 Å². The largest absolute Gasteiger partial charge is 0.334 e. The number of rotatable bonds is 5. The molecule has 2 N–H and O–H groups in total. The third kappa shape index (κ3) is 3.89. The summed E-state index contributed by atoms with van der Waals surface area (Å²) in [4.78, 5) is 27.0. The van der Waals surface area contributed by atoms with E-state index < -0.39 is 5.54 Å². The number of piperidine rings is 1. The molecular weight excluding hydrogens is 354 g/mol. The Kier molecular flexibility index (Phi) is 5.58. The lowest BCUT2D eigenvalue weighted by Gasteiger charge is -2.39. The highest BCUT2D eigenvalue weighted by Crippen LogP contribution is 2.29. The molecular formula is C18H22ClN5O2. The fraction of sp³-hybridized carbons (Fsp3) is 0.389. The molecule has 0 aliphatic carbocycles. The molecule has 0 atom stereocenters. The van der Waals surface area contributed by atoms with Gasteiger partial charge in [-0.25, -0.2) is 0 Å². The third-order valence-corrected chi connectivity index (χ3v) is 4.84. The van der Waals surface area contributed by atoms with Crippen LogP contribution in [0.4, 0.5) is 5.69 Å². The summed E-state index contributed by atoms with van der Waals surface area (Å²) in [7, 11) is 1.65. The Morgan fingerprint density at radius 1 is 1.35 bits per heavy atom. The van der Waals surface area contributed by atoms with Crippen molar-refractivity contribution in [2.24, 2.45) is 0 Å². The topological polar surface area (TPSA) is 79.3 Å². The second-order valence-electron chi connectivity index (χ2n) is 6.45. The van der Waals surface area contributed by atoms with E-state index in [0.717, 1.165) is 13.1 Å². The van der Waals surface area contributed by atoms with Crippen LogP contribution in [0.2, 0.25) is 5.02 Å². The van der Waals surface area contributed by atoms with E-state index in [4.69, 9.17) is 11.6 Å². The molecule has 0 spiro atoms. The van der Waals surface area contributed by atoms with Gasteiger partial charge in [0, 0.05) is 30.2 Å². The molecule has 7 nitrogen and oxygen atoms in total. The van der Waals surface area contributed by atoms with E-state index in [-0.39, 0.29) is 18.4 Å². The monoisotopic (exact) mass is 375 g/mol. The lowest BCUT2D eigenvalue weighted by atomic mass is 9.87. The average Bonchev–Trinajstić information content (AvgIpc) is 3.16. The van der Waals surface area contributed by atoms with Gasteiger partial charge >= 0.3 is 0 Å². The van der Waals surface area contributed by atoms with E-state index in [1.165, 1.54) is 4.90 Å². The highest BCUT2D eigenvalue weighted by molar-refractivity contribution is 6.30. The third-order valence-electron chi connectivity index (χ3n) is 4.61. The van der Waals surface area contributed by atoms with Gasteiger partial charge in [-0.15, -0.1) is 0 Å². The lowest BCUT2D eigenvalue weighted by Crippen LogP contribution is -2.55. The minimum Gasteiger partial charge on any atom is -0.334 e. The Labute approximate surface area is 157 Å². The molecule has 8 heteroatoms. The Hall–Kier alpha value is -2.38. The van der Waals surface area contributed by atoms with Gasteiger partial charge in [0.2, 0.25) is 5.91 Å². The first-order chi connectivity index (χ1) is 12.5. The predicted molar refractivity (Wildman–Crippen MR) is 100 cm³/mol. The van der Waals surface area contributed by atoms with E-state index in [9.17, 15) is 9.59 Å². The number of nitrogens with zero attached hydrogens (tertiary/aromatic N) is 3. The number of anilines is 1. The van der Waals surface area contributed by atoms with Crippen LogP contribution in [-0.4, -0.2) is 53.2 Å². The van der Waals surface area contributed by atoms with Crippen molar-refractivity contribution in [2.75, 3.05) is 32.0 Å². The van der Waals surface area contributed by atoms with Crippen LogP contribution in [0.25, 0.3) is 0 Å². The first kappa shape index (κ1) is 18.4. The first-order valence-corrected chi connectivity index (χ1v) is 8.91. The maximum atomic E-state index is 13.2. The van der Waals surface area contributed by atoms with Crippen molar-refractivity contribution in [3.05, 3.63) is 47.7 Å². The summed E-state index contributed by atoms with van der Waals surface area (Å²) in [5.74, 6) is -0.378. The molecule has 0 unspecified atom stereocenters. The lowest BCUT2D eigenvalue weighted by molar-refractivity contribution is -0.143. The summed E-state index contributed by atoms with van der Waals surface area (Å²) in [5.41, 5.74) is -0.146. The summed E-state index contributed by atoms with van der Waals surface area (Å²) in [6.07, 6.45) is 4.74. The molecule has 1 aliphatic rings. The van der Waals surface area contributed by atoms with Gasteiger partial charge in [-0.05, 0) is 50.2 Å². The van der Waals surface area contributed by atoms with Gasteiger partial charge in [-0.2, -0.15) is 5.10 Å². The highest BCUT2D eigenvalue weighted by atomic mass is 35.5. The number of hydrogen-bond donors (Lipinski definition) is 2. The molecule has 1 saturated heterocycles. The number of amides is 2. The highest BCUT2D eigenvalue weighted by Gasteiger charge is 2.43. The van der Waals surface area contributed by atoms with Gasteiger partial charge in [0.15, 0.2) is 0 Å². The van der Waals surface area contributed by atoms with E-state index >= 15 is 0 Å². The van der Waals surface area contributed by atoms with Gasteiger partial charge in [0.25, 0.3) is 5.91 Å². The average molecular weight is 376 g/mol. The zero-order chi connectivity index (χ0) is 18.6. The van der Waals surface area contributed by atoms with E-state index in [1.807, 2.05) is 12.3 Å². The number of carbonyl (C=O) groups excluding carboxylic acids is 2. The van der Waals surface area contributed by atoms with Crippen LogP contribution < -0.4 is 10.6 Å². The molecule has 2 heterocycles. The van der Waals surface area contributed by atoms with Crippen molar-refractivity contribution in [1.29, 1.82) is 0 Å². The van der Waals surface area contributed by atoms with E-state index in [1.54, 1.807) is 42.2 Å². The normalized spacial score (nSPS) is 16.1. The van der Waals surface area contributed by atoms with Crippen molar-refractivity contribution < 1.29 is 9.59 Å². The number of carbonyl (C=O) groups is 2. The molecule has 2 aromatic rings. The standard InChI is InChI=1S/C18H22ClN5O2/c1-23(13-16(25)22-15-5-2-4-14(19)12-15)17(26)18(6-9-20-10-7-18)24-11-3-8-21-24/h2-5,8,11-12,20H,6-7,9-10,13H2,1H3,(H,22,25). The Morgan fingerprint density at radius 3 is 2.77 bits per heavy atom. The predicted octanol–water partition coefficient (Wildman–Crippen LogP) is 1.71. The van der Waals surface area contributed by atoms with Crippen LogP contribution in [0.15, 0.2) is 42.7 Å². The molecule has 0 saturated carbocycles. The smallest absolute Gasteiger partial charge is 0.250 e. The SMILES string of the molecule is CN(CC(=O)Nc1cccc(Cl)c1)C(=O)C1(n2cccn2)CCNCC1. The Morgan fingerprint density at radius 2 is 2.12 bits per heavy atom. The van der Waals surface area contributed by atoms with Crippen molar-refractivity contribution >= 4 is 29.1 Å². The summed E-state index contributed by atoms with van der Waals surface area (Å²) in [6.45, 7) is 1.42. The van der Waals surface area contributed by atoms with Crippen LogP contribution >= 0.6 is 11.6 Å². The molecule has 1 fully saturated rings. The molecule has 3 rings (SSSR count). The summed E-state index contributed by atoms with van der Waals surface area (Å²) < 4.78 is 1.72. The molecule has 0 bridgehead atoms. The van der Waals surface area contributed by atoms with Crippen molar-refractivity contribution in [3.63, 3.8) is 0 Å². The van der Waals surface area contributed by atoms with Crippen molar-refractivity contribution in [2.45, 2.75) is 18.4 Å². The molecule has 138 valence electrons. The Balaban J connectivity index is 1.70. The number of benzene rings is 1. The number of likely N-dealkylation sites (N-methyl/N-ethyl adjacent to an activating group) is 1. The summed E-state index contributed by atoms with van der Waals surface area (Å²) in [5, 5.41) is 10.9. The molecule has 1 aromatic heterocycles. The fourth-order valence-corrected chi connectivity index (χ4v) is 3.50. The first-order valence-electron chi connectivity index (χ1n) is 8.53. The zero-order valence-corrected chi connectivity index (χ0v) is 15.4. The zero-order valence-electron chi connectivity index (χ0n) is 14.6. The van der Waals surface area contributed by atoms with Crippen molar-refractivity contribution in [1.82, 2.24) is 20.0 Å². The maximum Gasteiger partial charge on any atom is 0.250 e. The van der Waals surface area contributed by atoms with Gasteiger partial charge in [-0.1, -0.05) is 17.7 Å². The number of aromatic nitrogens is 2. The minimum absolute atomic E-state index is 0.0399. The quantitative estimate of drug-likeness (QED) is 0.833. The van der Waals surface area contributed by atoms with Crippen molar-refractivity contribution in [3.8, 4) is 0 Å². The number of nitrogens with one attached hydrogen (secondary N) is 2. The van der Waals surface area contributed by atoms with Crippen LogP contribution in [0.1, 0.15) is 12.8 Å². The number of halogens is 1. The molecule has 1 aromatic carbocycles. The minimum atomic E-state index is -0.750. The van der Waals surface area contributed by atoms with Gasteiger partial charge in [-0.3, -0.25) is 14.3 Å². The van der Waals surface area contributed by atoms with E-state index in [2.05, 4.69) is 15.7 Å². The van der Waals surface area contributed by atoms with Crippen LogP contribution in [0.5, 0.6) is 0 Å². The maximum absolute atomic E-state index is 13.2. The fourth-order valence-electron chi connectivity index (χ4n) is 3.31. The Bertz CT molecular complexity index is 772. The van der Waals surface area contributed by atoms with E-state index in [0.29, 0.717) is 23.6 Å². The van der Waals surface area contributed by atoms with Gasteiger partial charge in [0.1, 0.15) is 5.54 Å². The van der Waals surface area contributed by atoms with Gasteiger partial charge < -0.3 is 15.5 Å². The molecule has 2 amide bonds. The van der Waals surface area contributed by atoms with Crippen LogP contribution in [0, 0.1) is 0 Å². The molecule has 1 aliphatic heterocycles. The summed E-state index contributed by atoms with van der Waals surface area (Å²) in [6, 6.07) is 8.72.